The van der Waals surface area contributed by atoms with Crippen LogP contribution in [0.2, 0.25) is 10.0 Å². The van der Waals surface area contributed by atoms with E-state index in [1.165, 1.54) is 0 Å². The minimum absolute atomic E-state index is 0.0122. The molecule has 2 aromatic rings. The maximum Gasteiger partial charge on any atom is 0.304 e. The molecule has 7 nitrogen and oxygen atoms in total. The minimum atomic E-state index is -3.58. The molecule has 1 amide bonds. The van der Waals surface area contributed by atoms with Crippen LogP contribution < -0.4 is 4.72 Å². The minimum Gasteiger partial charge on any atom is -0.481 e. The van der Waals surface area contributed by atoms with E-state index in [1.807, 2.05) is 37.3 Å². The summed E-state index contributed by atoms with van der Waals surface area (Å²) >= 11 is 12.5. The second kappa shape index (κ2) is 11.7. The summed E-state index contributed by atoms with van der Waals surface area (Å²) in [6.07, 6.45) is 0.402. The SMILES string of the molecule is CCC(CNS(=O)(=O)C(C)C)N1C(=O)[C@@](C)(CC(=O)O)C[C@H](c2cccc(Cl)c2)[C@H]1c1ccc(Cl)cc1. The molecule has 0 spiro atoms. The molecule has 1 unspecified atom stereocenters. The summed E-state index contributed by atoms with van der Waals surface area (Å²) < 4.78 is 27.8. The fourth-order valence-corrected chi connectivity index (χ4v) is 6.18. The number of carboxylic acid groups (broad SMARTS) is 1. The lowest BCUT2D eigenvalue weighted by molar-refractivity contribution is -0.160. The summed E-state index contributed by atoms with van der Waals surface area (Å²) in [6.45, 7) is 6.75. The number of halogens is 2. The number of piperidine rings is 1. The first-order chi connectivity index (χ1) is 17.3. The fourth-order valence-electron chi connectivity index (χ4n) is 5.10. The third-order valence-corrected chi connectivity index (χ3v) is 9.43. The summed E-state index contributed by atoms with van der Waals surface area (Å²) in [5, 5.41) is 10.2. The molecular formula is C27H34Cl2N2O5S. The Morgan fingerprint density at radius 3 is 2.32 bits per heavy atom. The molecule has 0 aromatic heterocycles. The van der Waals surface area contributed by atoms with Crippen LogP contribution in [0.5, 0.6) is 0 Å². The Labute approximate surface area is 229 Å². The van der Waals surface area contributed by atoms with Gasteiger partial charge < -0.3 is 10.0 Å². The summed E-state index contributed by atoms with van der Waals surface area (Å²) in [6, 6.07) is 13.6. The van der Waals surface area contributed by atoms with E-state index in [-0.39, 0.29) is 31.2 Å². The monoisotopic (exact) mass is 568 g/mol. The molecule has 0 saturated carbocycles. The highest BCUT2D eigenvalue weighted by atomic mass is 35.5. The standard InChI is InChI=1S/C27H34Cl2N2O5S/c1-5-22(16-30-37(35,36)17(2)3)31-25(18-9-11-20(28)12-10-18)23(19-7-6-8-21(29)13-19)14-27(4,26(31)34)15-24(32)33/h6-13,17,22-23,25,30H,5,14-16H2,1-4H3,(H,32,33)/t22?,23-,25-,27-/m1/s1. The number of nitrogens with zero attached hydrogens (tertiary/aromatic N) is 1. The number of likely N-dealkylation sites (tertiary alicyclic amines) is 1. The van der Waals surface area contributed by atoms with E-state index in [1.54, 1.807) is 43.9 Å². The number of hydrogen-bond donors (Lipinski definition) is 2. The van der Waals surface area contributed by atoms with Crippen molar-refractivity contribution in [3.05, 3.63) is 69.7 Å². The van der Waals surface area contributed by atoms with Crippen molar-refractivity contribution in [1.82, 2.24) is 9.62 Å². The topological polar surface area (TPSA) is 104 Å². The number of sulfonamides is 1. The summed E-state index contributed by atoms with van der Waals surface area (Å²) in [5.74, 6) is -1.68. The molecule has 2 N–H and O–H groups in total. The number of nitrogens with one attached hydrogen (secondary N) is 1. The zero-order chi connectivity index (χ0) is 27.5. The second-order valence-electron chi connectivity index (χ2n) is 10.2. The molecule has 37 heavy (non-hydrogen) atoms. The zero-order valence-electron chi connectivity index (χ0n) is 21.4. The van der Waals surface area contributed by atoms with E-state index in [2.05, 4.69) is 4.72 Å². The fraction of sp³-hybridized carbons (Fsp3) is 0.481. The number of benzene rings is 2. The molecular weight excluding hydrogens is 535 g/mol. The van der Waals surface area contributed by atoms with Crippen molar-refractivity contribution in [2.75, 3.05) is 6.54 Å². The number of amides is 1. The highest BCUT2D eigenvalue weighted by molar-refractivity contribution is 7.90. The maximum atomic E-state index is 14.2. The van der Waals surface area contributed by atoms with Crippen molar-refractivity contribution in [2.24, 2.45) is 5.41 Å². The van der Waals surface area contributed by atoms with Gasteiger partial charge in [0.15, 0.2) is 0 Å². The van der Waals surface area contributed by atoms with Gasteiger partial charge in [-0.1, -0.05) is 61.3 Å². The Balaban J connectivity index is 2.20. The van der Waals surface area contributed by atoms with Gasteiger partial charge in [0, 0.05) is 28.5 Å². The van der Waals surface area contributed by atoms with Gasteiger partial charge in [0.05, 0.1) is 23.1 Å². The molecule has 1 aliphatic heterocycles. The lowest BCUT2D eigenvalue weighted by Gasteiger charge is -2.52. The molecule has 0 aliphatic carbocycles. The van der Waals surface area contributed by atoms with Gasteiger partial charge in [0.2, 0.25) is 15.9 Å². The lowest BCUT2D eigenvalue weighted by Crippen LogP contribution is -2.58. The summed E-state index contributed by atoms with van der Waals surface area (Å²) in [4.78, 5) is 27.8. The van der Waals surface area contributed by atoms with Crippen molar-refractivity contribution >= 4 is 45.1 Å². The molecule has 1 fully saturated rings. The number of carbonyl (C=O) groups is 2. The molecule has 0 radical (unpaired) electrons. The Morgan fingerprint density at radius 2 is 1.78 bits per heavy atom. The first kappa shape index (κ1) is 29.4. The van der Waals surface area contributed by atoms with Gasteiger partial charge in [-0.15, -0.1) is 0 Å². The van der Waals surface area contributed by atoms with Crippen molar-refractivity contribution in [1.29, 1.82) is 0 Å². The number of carbonyl (C=O) groups excluding carboxylic acids is 1. The van der Waals surface area contributed by atoms with Gasteiger partial charge in [-0.25, -0.2) is 13.1 Å². The van der Waals surface area contributed by atoms with E-state index < -0.39 is 38.7 Å². The van der Waals surface area contributed by atoms with Crippen molar-refractivity contribution < 1.29 is 23.1 Å². The van der Waals surface area contributed by atoms with Gasteiger partial charge >= 0.3 is 5.97 Å². The highest BCUT2D eigenvalue weighted by Gasteiger charge is 2.52. The van der Waals surface area contributed by atoms with Crippen LogP contribution in [0.15, 0.2) is 48.5 Å². The third kappa shape index (κ3) is 6.66. The molecule has 0 bridgehead atoms. The van der Waals surface area contributed by atoms with Crippen LogP contribution >= 0.6 is 23.2 Å². The normalized spacial score (nSPS) is 23.3. The van der Waals surface area contributed by atoms with Gasteiger partial charge in [-0.3, -0.25) is 9.59 Å². The number of rotatable bonds is 10. The molecule has 1 aliphatic rings. The number of aliphatic carboxylic acids is 1. The molecule has 202 valence electrons. The maximum absolute atomic E-state index is 14.2. The van der Waals surface area contributed by atoms with E-state index in [0.29, 0.717) is 16.5 Å². The highest BCUT2D eigenvalue weighted by Crippen LogP contribution is 2.52. The number of hydrogen-bond acceptors (Lipinski definition) is 4. The van der Waals surface area contributed by atoms with E-state index in [4.69, 9.17) is 23.2 Å². The van der Waals surface area contributed by atoms with Crippen LogP contribution in [0.3, 0.4) is 0 Å². The van der Waals surface area contributed by atoms with Crippen molar-refractivity contribution in [3.63, 3.8) is 0 Å². The largest absolute Gasteiger partial charge is 0.481 e. The smallest absolute Gasteiger partial charge is 0.304 e. The second-order valence-corrected chi connectivity index (χ2v) is 13.4. The summed E-state index contributed by atoms with van der Waals surface area (Å²) in [5.41, 5.74) is 0.496. The van der Waals surface area contributed by atoms with Crippen LogP contribution in [0, 0.1) is 5.41 Å². The predicted octanol–water partition coefficient (Wildman–Crippen LogP) is 5.64. The first-order valence-electron chi connectivity index (χ1n) is 12.3. The van der Waals surface area contributed by atoms with Gasteiger partial charge in [-0.2, -0.15) is 0 Å². The van der Waals surface area contributed by atoms with E-state index in [0.717, 1.165) is 11.1 Å². The first-order valence-corrected chi connectivity index (χ1v) is 14.6. The Hall–Kier alpha value is -2.13. The Bertz CT molecular complexity index is 1240. The molecule has 1 saturated heterocycles. The molecule has 2 aromatic carbocycles. The number of carboxylic acids is 1. The van der Waals surface area contributed by atoms with Crippen LogP contribution in [-0.2, 0) is 19.6 Å². The molecule has 1 heterocycles. The van der Waals surface area contributed by atoms with Gasteiger partial charge in [0.25, 0.3) is 0 Å². The van der Waals surface area contributed by atoms with Crippen LogP contribution in [0.4, 0.5) is 0 Å². The third-order valence-electron chi connectivity index (χ3n) is 7.14. The van der Waals surface area contributed by atoms with Crippen LogP contribution in [0.1, 0.15) is 70.0 Å². The zero-order valence-corrected chi connectivity index (χ0v) is 23.8. The molecule has 4 atom stereocenters. The van der Waals surface area contributed by atoms with Gasteiger partial charge in [-0.05, 0) is 62.1 Å². The van der Waals surface area contributed by atoms with Crippen molar-refractivity contribution in [3.8, 4) is 0 Å². The Morgan fingerprint density at radius 1 is 1.14 bits per heavy atom. The quantitative estimate of drug-likeness (QED) is 0.386. The van der Waals surface area contributed by atoms with E-state index in [9.17, 15) is 23.1 Å². The summed E-state index contributed by atoms with van der Waals surface area (Å²) in [7, 11) is -3.58. The van der Waals surface area contributed by atoms with E-state index >= 15 is 0 Å². The van der Waals surface area contributed by atoms with Crippen molar-refractivity contribution in [2.45, 2.75) is 70.2 Å². The van der Waals surface area contributed by atoms with Gasteiger partial charge in [0.1, 0.15) is 0 Å². The lowest BCUT2D eigenvalue weighted by atomic mass is 9.67. The Kier molecular flexibility index (Phi) is 9.32. The van der Waals surface area contributed by atoms with Crippen LogP contribution in [0.25, 0.3) is 0 Å². The predicted molar refractivity (Wildman–Crippen MR) is 146 cm³/mol. The average molecular weight is 570 g/mol. The van der Waals surface area contributed by atoms with Crippen LogP contribution in [-0.4, -0.2) is 48.1 Å². The molecule has 10 heteroatoms. The molecule has 3 rings (SSSR count). The average Bonchev–Trinajstić information content (AvgIpc) is 2.82.